The van der Waals surface area contributed by atoms with Gasteiger partial charge < -0.3 is 15.1 Å². The highest BCUT2D eigenvalue weighted by molar-refractivity contribution is 6.06. The lowest BCUT2D eigenvalue weighted by atomic mass is 9.87. The maximum atomic E-state index is 12.9. The van der Waals surface area contributed by atoms with E-state index in [-0.39, 0.29) is 60.7 Å². The predicted molar refractivity (Wildman–Crippen MR) is 252 cm³/mol. The largest absolute Gasteiger partial charge is 0.322 e. The summed E-state index contributed by atoms with van der Waals surface area (Å²) in [7, 11) is 0. The number of carbonyl (C=O) groups is 7. The molecule has 0 bridgehead atoms. The summed E-state index contributed by atoms with van der Waals surface area (Å²) in [6.07, 6.45) is 6.67. The monoisotopic (exact) mass is 914 g/mol. The van der Waals surface area contributed by atoms with E-state index in [9.17, 15) is 33.6 Å². The van der Waals surface area contributed by atoms with Gasteiger partial charge in [0.1, 0.15) is 18.4 Å². The van der Waals surface area contributed by atoms with Crippen molar-refractivity contribution in [3.8, 4) is 0 Å². The fourth-order valence-corrected chi connectivity index (χ4v) is 10.1. The summed E-state index contributed by atoms with van der Waals surface area (Å²) in [5, 5.41) is 8.07. The average Bonchev–Trinajstić information content (AvgIpc) is 3.81. The Balaban J connectivity index is 0.000000167. The number of amides is 6. The van der Waals surface area contributed by atoms with Crippen LogP contribution in [-0.2, 0) is 38.8 Å². The highest BCUT2D eigenvalue weighted by Gasteiger charge is 2.41. The number of imide groups is 2. The molecule has 66 heavy (non-hydrogen) atoms. The number of rotatable bonds is 7. The van der Waals surface area contributed by atoms with E-state index in [0.717, 1.165) is 86.9 Å². The van der Waals surface area contributed by atoms with E-state index in [1.165, 1.54) is 22.3 Å². The number of aryl methyl sites for hydroxylation is 2. The maximum Gasteiger partial charge on any atom is 0.255 e. The van der Waals surface area contributed by atoms with Crippen LogP contribution in [0, 0.1) is 13.8 Å². The van der Waals surface area contributed by atoms with Crippen molar-refractivity contribution < 1.29 is 33.6 Å². The zero-order valence-corrected chi connectivity index (χ0v) is 38.5. The van der Waals surface area contributed by atoms with Crippen molar-refractivity contribution in [2.75, 3.05) is 26.2 Å². The molecule has 6 aliphatic heterocycles. The van der Waals surface area contributed by atoms with E-state index < -0.39 is 12.1 Å². The highest BCUT2D eigenvalue weighted by atomic mass is 35.5. The first-order valence-electron chi connectivity index (χ1n) is 23.0. The molecule has 346 valence electrons. The number of nitrogens with zero attached hydrogens (tertiary/aromatic N) is 3. The predicted octanol–water partition coefficient (Wildman–Crippen LogP) is 6.28. The molecule has 0 radical (unpaired) electrons. The first-order chi connectivity index (χ1) is 31.4. The zero-order valence-electron chi connectivity index (χ0n) is 37.7. The van der Waals surface area contributed by atoms with Crippen LogP contribution in [0.25, 0.3) is 0 Å². The molecule has 6 heterocycles. The number of halogens is 1. The summed E-state index contributed by atoms with van der Waals surface area (Å²) in [5.74, 6) is -0.398. The minimum absolute atomic E-state index is 0. The van der Waals surface area contributed by atoms with E-state index in [2.05, 4.69) is 76.3 Å². The van der Waals surface area contributed by atoms with Gasteiger partial charge in [-0.3, -0.25) is 49.1 Å². The number of nitrogens with one attached hydrogen (secondary N) is 3. The van der Waals surface area contributed by atoms with Crippen LogP contribution >= 0.6 is 12.4 Å². The van der Waals surface area contributed by atoms with Crippen molar-refractivity contribution in [2.45, 2.75) is 109 Å². The Bertz CT molecular complexity index is 2500. The minimum atomic E-state index is -0.555. The van der Waals surface area contributed by atoms with Crippen molar-refractivity contribution in [3.05, 3.63) is 141 Å². The van der Waals surface area contributed by atoms with Crippen LogP contribution in [0.2, 0.25) is 0 Å². The highest BCUT2D eigenvalue weighted by Crippen LogP contribution is 2.35. The molecule has 0 spiro atoms. The summed E-state index contributed by atoms with van der Waals surface area (Å²) in [4.78, 5) is 88.6. The van der Waals surface area contributed by atoms with Crippen molar-refractivity contribution >= 4 is 54.1 Å². The maximum absolute atomic E-state index is 12.9. The van der Waals surface area contributed by atoms with Crippen LogP contribution in [0.5, 0.6) is 0 Å². The molecule has 13 nitrogen and oxygen atoms in total. The molecule has 0 aromatic heterocycles. The third-order valence-electron chi connectivity index (χ3n) is 13.6. The van der Waals surface area contributed by atoms with Crippen LogP contribution in [0.1, 0.15) is 133 Å². The van der Waals surface area contributed by atoms with Crippen LogP contribution in [0.15, 0.2) is 84.9 Å². The Hall–Kier alpha value is -6.02. The number of piperidine rings is 4. The number of hydrogen-bond donors (Lipinski definition) is 3. The van der Waals surface area contributed by atoms with Crippen LogP contribution in [0.3, 0.4) is 0 Å². The number of carbonyl (C=O) groups excluding carboxylic acids is 7. The molecule has 10 rings (SSSR count). The van der Waals surface area contributed by atoms with Gasteiger partial charge in [0.15, 0.2) is 0 Å². The first-order valence-corrected chi connectivity index (χ1v) is 23.0. The Morgan fingerprint density at radius 2 is 1.09 bits per heavy atom. The molecule has 0 saturated carbocycles. The Kier molecular flexibility index (Phi) is 15.6. The first kappa shape index (κ1) is 47.9. The summed E-state index contributed by atoms with van der Waals surface area (Å²) in [6.45, 7) is 10.2. The van der Waals surface area contributed by atoms with Crippen LogP contribution in [0.4, 0.5) is 0 Å². The van der Waals surface area contributed by atoms with Crippen LogP contribution in [-0.4, -0.2) is 94.7 Å². The van der Waals surface area contributed by atoms with Crippen molar-refractivity contribution in [1.29, 1.82) is 0 Å². The van der Waals surface area contributed by atoms with Gasteiger partial charge in [-0.2, -0.15) is 0 Å². The molecule has 6 amide bonds. The third-order valence-corrected chi connectivity index (χ3v) is 13.6. The number of fused-ring (bicyclic) bond motifs is 2. The molecule has 0 aliphatic carbocycles. The molecule has 2 atom stereocenters. The fourth-order valence-electron chi connectivity index (χ4n) is 10.1. The molecule has 4 saturated heterocycles. The molecular weight excluding hydrogens is 856 g/mol. The van der Waals surface area contributed by atoms with Gasteiger partial charge in [0.05, 0.1) is 0 Å². The summed E-state index contributed by atoms with van der Waals surface area (Å²) < 4.78 is 0. The van der Waals surface area contributed by atoms with E-state index in [1.807, 2.05) is 37.3 Å². The van der Waals surface area contributed by atoms with E-state index in [0.29, 0.717) is 48.9 Å². The quantitative estimate of drug-likeness (QED) is 0.143. The fraction of sp³-hybridized carbons (Fsp3) is 0.404. The van der Waals surface area contributed by atoms with Gasteiger partial charge in [0, 0.05) is 49.2 Å². The van der Waals surface area contributed by atoms with Gasteiger partial charge >= 0.3 is 0 Å². The number of hydrogen-bond acceptors (Lipinski definition) is 9. The van der Waals surface area contributed by atoms with Crippen molar-refractivity contribution in [2.24, 2.45) is 0 Å². The molecule has 4 fully saturated rings. The molecule has 6 aliphatic rings. The smallest absolute Gasteiger partial charge is 0.255 e. The summed E-state index contributed by atoms with van der Waals surface area (Å²) >= 11 is 0. The minimum Gasteiger partial charge on any atom is -0.322 e. The van der Waals surface area contributed by atoms with E-state index in [1.54, 1.807) is 15.9 Å². The molecule has 4 aromatic rings. The average molecular weight is 916 g/mol. The summed E-state index contributed by atoms with van der Waals surface area (Å²) in [5.41, 5.74) is 10.5. The molecule has 3 N–H and O–H groups in total. The van der Waals surface area contributed by atoms with Crippen molar-refractivity contribution in [3.63, 3.8) is 0 Å². The van der Waals surface area contributed by atoms with Gasteiger partial charge in [-0.15, -0.1) is 12.4 Å². The van der Waals surface area contributed by atoms with Gasteiger partial charge in [-0.05, 0) is 136 Å². The second kappa shape index (κ2) is 21.5. The lowest BCUT2D eigenvalue weighted by Crippen LogP contribution is -2.52. The van der Waals surface area contributed by atoms with Crippen molar-refractivity contribution in [1.82, 2.24) is 30.7 Å². The molecule has 2 unspecified atom stereocenters. The standard InChI is InChI=1S/C26H29N3O3.C18H21N3O3.C8H8O.ClH/c1-17-3-2-4-18(13-17)15-28-11-9-19(10-12-28)20-5-6-22-21(14-20)16-29(26(22)32)23-7-8-24(30)27-25(23)31;22-16-4-3-15(17(23)20-16)21-10-13-9-12(1-2-14(13)18(21)24)11-5-7-19-8-6-11;1-7-3-2-4-8(5-7)6-9;/h2-6,13-14,19,23H,7-12,15-16H2,1H3,(H,27,30,31);1-2,9,11,15,19H,3-8,10H2,(H,20,22,23);2-6H,1H3;1H. The normalized spacial score (nSPS) is 21.1. The lowest BCUT2D eigenvalue weighted by Gasteiger charge is -2.32. The second-order valence-corrected chi connectivity index (χ2v) is 18.2. The second-order valence-electron chi connectivity index (χ2n) is 18.2. The number of benzene rings is 4. The van der Waals surface area contributed by atoms with E-state index in [4.69, 9.17) is 0 Å². The zero-order chi connectivity index (χ0) is 45.6. The van der Waals surface area contributed by atoms with Gasteiger partial charge in [0.25, 0.3) is 11.8 Å². The van der Waals surface area contributed by atoms with Gasteiger partial charge in [-0.25, -0.2) is 0 Å². The Morgan fingerprint density at radius 3 is 1.56 bits per heavy atom. The number of likely N-dealkylation sites (tertiary alicyclic amines) is 1. The van der Waals surface area contributed by atoms with Gasteiger partial charge in [0.2, 0.25) is 23.6 Å². The van der Waals surface area contributed by atoms with Crippen LogP contribution < -0.4 is 16.0 Å². The molecule has 4 aromatic carbocycles. The van der Waals surface area contributed by atoms with Gasteiger partial charge in [-0.1, -0.05) is 77.9 Å². The SMILES string of the molecule is Cc1cccc(C=O)c1.Cc1cccc(CN2CCC(c3ccc4c(c3)CN(C3CCC(=O)NC3=O)C4=O)CC2)c1.Cl.O=C1CCC(N2Cc3cc(C4CCNCC4)ccc3C2=O)C(=O)N1. The molecular formula is C52H59ClN6O7. The third kappa shape index (κ3) is 11.1. The topological polar surface area (TPSA) is 165 Å². The lowest BCUT2D eigenvalue weighted by molar-refractivity contribution is -0.138. The Morgan fingerprint density at radius 1 is 0.591 bits per heavy atom. The Labute approximate surface area is 392 Å². The summed E-state index contributed by atoms with van der Waals surface area (Å²) in [6, 6.07) is 27.4. The van der Waals surface area contributed by atoms with E-state index >= 15 is 0 Å². The number of aldehydes is 1. The molecule has 14 heteroatoms.